The Kier molecular flexibility index (Phi) is 4.81. The summed E-state index contributed by atoms with van der Waals surface area (Å²) in [5.41, 5.74) is 6.11. The molecule has 1 unspecified atom stereocenters. The first-order valence-corrected chi connectivity index (χ1v) is 6.85. The van der Waals surface area contributed by atoms with Crippen LogP contribution in [0.2, 0.25) is 0 Å². The third kappa shape index (κ3) is 3.46. The van der Waals surface area contributed by atoms with Gasteiger partial charge in [-0.1, -0.05) is 27.7 Å². The third-order valence-corrected chi connectivity index (χ3v) is 4.36. The van der Waals surface area contributed by atoms with Crippen LogP contribution in [0.1, 0.15) is 47.5 Å². The van der Waals surface area contributed by atoms with Gasteiger partial charge in [-0.25, -0.2) is 0 Å². The molecule has 0 bridgehead atoms. The first-order chi connectivity index (χ1) is 7.40. The van der Waals surface area contributed by atoms with Gasteiger partial charge in [0, 0.05) is 12.1 Å². The first-order valence-electron chi connectivity index (χ1n) is 6.85. The van der Waals surface area contributed by atoms with Crippen LogP contribution >= 0.6 is 0 Å². The van der Waals surface area contributed by atoms with Crippen molar-refractivity contribution >= 4 is 0 Å². The molecule has 1 rings (SSSR count). The normalized spacial score (nSPS) is 20.8. The Morgan fingerprint density at radius 3 is 2.00 bits per heavy atom. The molecule has 0 heterocycles. The third-order valence-electron chi connectivity index (χ3n) is 4.36. The molecule has 16 heavy (non-hydrogen) atoms. The van der Waals surface area contributed by atoms with Gasteiger partial charge in [-0.05, 0) is 50.0 Å². The lowest BCUT2D eigenvalue weighted by Gasteiger charge is -2.34. The molecule has 0 aromatic heterocycles. The predicted octanol–water partition coefficient (Wildman–Crippen LogP) is 2.63. The second kappa shape index (κ2) is 5.50. The zero-order valence-electron chi connectivity index (χ0n) is 11.7. The van der Waals surface area contributed by atoms with E-state index in [9.17, 15) is 0 Å². The van der Waals surface area contributed by atoms with Gasteiger partial charge in [0.1, 0.15) is 0 Å². The van der Waals surface area contributed by atoms with Crippen molar-refractivity contribution in [3.63, 3.8) is 0 Å². The lowest BCUT2D eigenvalue weighted by atomic mass is 9.84. The largest absolute Gasteiger partial charge is 0.329 e. The molecule has 0 spiro atoms. The van der Waals surface area contributed by atoms with Crippen molar-refractivity contribution in [2.75, 3.05) is 13.1 Å². The fraction of sp³-hybridized carbons (Fsp3) is 1.00. The molecule has 1 aliphatic carbocycles. The second-order valence-corrected chi connectivity index (χ2v) is 6.43. The molecular formula is C14H30N2. The number of hydrogen-bond acceptors (Lipinski definition) is 2. The van der Waals surface area contributed by atoms with Crippen LogP contribution in [0.15, 0.2) is 0 Å². The van der Waals surface area contributed by atoms with Crippen LogP contribution < -0.4 is 11.1 Å². The Morgan fingerprint density at radius 1 is 1.19 bits per heavy atom. The maximum Gasteiger partial charge on any atom is 0.0304 e. The summed E-state index contributed by atoms with van der Waals surface area (Å²) in [5.74, 6) is 3.06. The molecular weight excluding hydrogens is 196 g/mol. The summed E-state index contributed by atoms with van der Waals surface area (Å²) in [6.45, 7) is 13.5. The molecule has 0 saturated heterocycles. The van der Waals surface area contributed by atoms with E-state index in [2.05, 4.69) is 39.9 Å². The molecule has 1 saturated carbocycles. The van der Waals surface area contributed by atoms with Gasteiger partial charge in [-0.15, -0.1) is 0 Å². The average Bonchev–Trinajstić information content (AvgIpc) is 2.99. The van der Waals surface area contributed by atoms with E-state index in [1.807, 2.05) is 0 Å². The molecule has 3 N–H and O–H groups in total. The summed E-state index contributed by atoms with van der Waals surface area (Å²) in [6, 6.07) is 0. The summed E-state index contributed by atoms with van der Waals surface area (Å²) >= 11 is 0. The van der Waals surface area contributed by atoms with E-state index >= 15 is 0 Å². The fourth-order valence-electron chi connectivity index (χ4n) is 2.70. The maximum absolute atomic E-state index is 5.92. The van der Waals surface area contributed by atoms with Crippen molar-refractivity contribution < 1.29 is 0 Å². The van der Waals surface area contributed by atoms with Crippen LogP contribution in [0.5, 0.6) is 0 Å². The van der Waals surface area contributed by atoms with Crippen molar-refractivity contribution in [1.82, 2.24) is 5.32 Å². The zero-order valence-corrected chi connectivity index (χ0v) is 11.7. The lowest BCUT2D eigenvalue weighted by molar-refractivity contribution is 0.226. The van der Waals surface area contributed by atoms with Gasteiger partial charge >= 0.3 is 0 Å². The highest BCUT2D eigenvalue weighted by atomic mass is 15.0. The molecule has 1 aliphatic rings. The van der Waals surface area contributed by atoms with Crippen LogP contribution in [0.25, 0.3) is 0 Å². The topological polar surface area (TPSA) is 38.0 Å². The van der Waals surface area contributed by atoms with Crippen molar-refractivity contribution in [2.24, 2.45) is 29.4 Å². The molecule has 1 fully saturated rings. The number of nitrogens with one attached hydrogen (secondary N) is 1. The van der Waals surface area contributed by atoms with Crippen LogP contribution in [0, 0.1) is 23.7 Å². The minimum Gasteiger partial charge on any atom is -0.329 e. The molecule has 0 aromatic rings. The first kappa shape index (κ1) is 14.0. The minimum absolute atomic E-state index is 0.183. The maximum atomic E-state index is 5.92. The van der Waals surface area contributed by atoms with Crippen molar-refractivity contribution in [3.05, 3.63) is 0 Å². The van der Waals surface area contributed by atoms with E-state index in [-0.39, 0.29) is 5.54 Å². The van der Waals surface area contributed by atoms with Gasteiger partial charge in [-0.2, -0.15) is 0 Å². The van der Waals surface area contributed by atoms with Gasteiger partial charge in [0.25, 0.3) is 0 Å². The second-order valence-electron chi connectivity index (χ2n) is 6.43. The molecule has 0 aliphatic heterocycles. The predicted molar refractivity (Wildman–Crippen MR) is 71.4 cm³/mol. The quantitative estimate of drug-likeness (QED) is 0.700. The molecule has 96 valence electrons. The van der Waals surface area contributed by atoms with Gasteiger partial charge < -0.3 is 11.1 Å². The van der Waals surface area contributed by atoms with Gasteiger partial charge in [0.2, 0.25) is 0 Å². The molecule has 2 nitrogen and oxygen atoms in total. The van der Waals surface area contributed by atoms with Gasteiger partial charge in [-0.3, -0.25) is 0 Å². The average molecular weight is 226 g/mol. The van der Waals surface area contributed by atoms with E-state index < -0.39 is 0 Å². The molecule has 0 radical (unpaired) electrons. The van der Waals surface area contributed by atoms with Gasteiger partial charge in [0.05, 0.1) is 0 Å². The van der Waals surface area contributed by atoms with E-state index in [0.29, 0.717) is 0 Å². The SMILES string of the molecule is CC(C)C(CNC(C)(CN)C1CC1)C(C)C. The van der Waals surface area contributed by atoms with E-state index in [0.717, 1.165) is 36.8 Å². The van der Waals surface area contributed by atoms with Crippen molar-refractivity contribution in [1.29, 1.82) is 0 Å². The molecule has 0 amide bonds. The summed E-state index contributed by atoms with van der Waals surface area (Å²) in [4.78, 5) is 0. The Hall–Kier alpha value is -0.0800. The number of hydrogen-bond donors (Lipinski definition) is 2. The smallest absolute Gasteiger partial charge is 0.0304 e. The lowest BCUT2D eigenvalue weighted by Crippen LogP contribution is -2.52. The molecule has 2 heteroatoms. The van der Waals surface area contributed by atoms with Gasteiger partial charge in [0.15, 0.2) is 0 Å². The Balaban J connectivity index is 2.46. The van der Waals surface area contributed by atoms with Crippen LogP contribution in [-0.2, 0) is 0 Å². The van der Waals surface area contributed by atoms with E-state index in [4.69, 9.17) is 5.73 Å². The fourth-order valence-corrected chi connectivity index (χ4v) is 2.70. The van der Waals surface area contributed by atoms with E-state index in [1.165, 1.54) is 12.8 Å². The number of nitrogens with two attached hydrogens (primary N) is 1. The zero-order chi connectivity index (χ0) is 12.3. The standard InChI is InChI=1S/C14H30N2/c1-10(2)13(11(3)4)8-16-14(5,9-15)12-6-7-12/h10-13,16H,6-9,15H2,1-5H3. The summed E-state index contributed by atoms with van der Waals surface area (Å²) in [5, 5.41) is 3.75. The van der Waals surface area contributed by atoms with Crippen molar-refractivity contribution in [3.8, 4) is 0 Å². The number of rotatable bonds is 7. The monoisotopic (exact) mass is 226 g/mol. The summed E-state index contributed by atoms with van der Waals surface area (Å²) in [7, 11) is 0. The molecule has 1 atom stereocenters. The minimum atomic E-state index is 0.183. The summed E-state index contributed by atoms with van der Waals surface area (Å²) < 4.78 is 0. The van der Waals surface area contributed by atoms with Crippen LogP contribution in [0.4, 0.5) is 0 Å². The Labute approximate surface area is 101 Å². The highest BCUT2D eigenvalue weighted by Gasteiger charge is 2.40. The highest BCUT2D eigenvalue weighted by molar-refractivity contribution is 4.99. The van der Waals surface area contributed by atoms with Crippen LogP contribution in [0.3, 0.4) is 0 Å². The highest BCUT2D eigenvalue weighted by Crippen LogP contribution is 2.39. The molecule has 0 aromatic carbocycles. The Bertz CT molecular complexity index is 201. The van der Waals surface area contributed by atoms with Crippen molar-refractivity contribution in [2.45, 2.75) is 53.0 Å². The summed E-state index contributed by atoms with van der Waals surface area (Å²) in [6.07, 6.45) is 2.71. The van der Waals surface area contributed by atoms with E-state index in [1.54, 1.807) is 0 Å². The van der Waals surface area contributed by atoms with Crippen LogP contribution in [-0.4, -0.2) is 18.6 Å². The Morgan fingerprint density at radius 2 is 1.69 bits per heavy atom.